The molecule has 1 aliphatic heterocycles. The minimum Gasteiger partial charge on any atom is -0.464 e. The van der Waals surface area contributed by atoms with E-state index in [0.717, 1.165) is 37.6 Å². The number of hydrogen-bond acceptors (Lipinski definition) is 3. The van der Waals surface area contributed by atoms with Crippen LogP contribution in [-0.4, -0.2) is 13.2 Å². The third-order valence-corrected chi connectivity index (χ3v) is 3.29. The molecule has 0 saturated carbocycles. The average molecular weight is 209 g/mol. The molecule has 2 heterocycles. The molecule has 84 valence electrons. The lowest BCUT2D eigenvalue weighted by Crippen LogP contribution is -2.27. The van der Waals surface area contributed by atoms with Crippen LogP contribution in [0, 0.1) is 19.8 Å². The van der Waals surface area contributed by atoms with E-state index >= 15 is 0 Å². The molecule has 1 aromatic heterocycles. The van der Waals surface area contributed by atoms with Gasteiger partial charge < -0.3 is 14.9 Å². The molecule has 3 heteroatoms. The fourth-order valence-electron chi connectivity index (χ4n) is 2.07. The molecule has 0 spiro atoms. The Morgan fingerprint density at radius 2 is 2.00 bits per heavy atom. The van der Waals surface area contributed by atoms with Gasteiger partial charge in [-0.25, -0.2) is 0 Å². The van der Waals surface area contributed by atoms with Crippen LogP contribution in [0.4, 0.5) is 0 Å². The molecule has 0 radical (unpaired) electrons. The van der Waals surface area contributed by atoms with Gasteiger partial charge in [0, 0.05) is 13.2 Å². The summed E-state index contributed by atoms with van der Waals surface area (Å²) in [6.45, 7) is 5.70. The molecule has 15 heavy (non-hydrogen) atoms. The second kappa shape index (κ2) is 4.37. The van der Waals surface area contributed by atoms with Crippen molar-refractivity contribution >= 4 is 0 Å². The largest absolute Gasteiger partial charge is 0.464 e. The number of hydrogen-bond donors (Lipinski definition) is 1. The van der Waals surface area contributed by atoms with Gasteiger partial charge in [-0.3, -0.25) is 0 Å². The summed E-state index contributed by atoms with van der Waals surface area (Å²) in [5.41, 5.74) is 7.39. The van der Waals surface area contributed by atoms with Crippen LogP contribution in [0.3, 0.4) is 0 Å². The monoisotopic (exact) mass is 209 g/mol. The first-order chi connectivity index (χ1) is 7.18. The van der Waals surface area contributed by atoms with Gasteiger partial charge in [-0.15, -0.1) is 0 Å². The maximum atomic E-state index is 6.20. The zero-order valence-electron chi connectivity index (χ0n) is 9.45. The molecule has 0 bridgehead atoms. The highest BCUT2D eigenvalue weighted by molar-refractivity contribution is 5.21. The zero-order chi connectivity index (χ0) is 10.8. The first-order valence-corrected chi connectivity index (χ1v) is 5.58. The van der Waals surface area contributed by atoms with Crippen molar-refractivity contribution in [1.29, 1.82) is 0 Å². The van der Waals surface area contributed by atoms with E-state index in [9.17, 15) is 0 Å². The smallest absolute Gasteiger partial charge is 0.121 e. The third-order valence-electron chi connectivity index (χ3n) is 3.29. The maximum absolute atomic E-state index is 6.20. The summed E-state index contributed by atoms with van der Waals surface area (Å²) >= 11 is 0. The van der Waals surface area contributed by atoms with Crippen molar-refractivity contribution in [2.24, 2.45) is 11.7 Å². The van der Waals surface area contributed by atoms with Crippen LogP contribution in [0.2, 0.25) is 0 Å². The molecule has 0 aromatic carbocycles. The quantitative estimate of drug-likeness (QED) is 0.813. The molecule has 1 atom stereocenters. The van der Waals surface area contributed by atoms with E-state index in [2.05, 4.69) is 13.0 Å². The van der Waals surface area contributed by atoms with Gasteiger partial charge in [0.1, 0.15) is 11.5 Å². The van der Waals surface area contributed by atoms with Crippen LogP contribution in [-0.2, 0) is 4.74 Å². The second-order valence-corrected chi connectivity index (χ2v) is 4.36. The Morgan fingerprint density at radius 1 is 1.33 bits per heavy atom. The fraction of sp³-hybridized carbons (Fsp3) is 0.667. The van der Waals surface area contributed by atoms with Crippen molar-refractivity contribution in [3.05, 3.63) is 23.2 Å². The van der Waals surface area contributed by atoms with Gasteiger partial charge in [0.15, 0.2) is 0 Å². The molecule has 0 unspecified atom stereocenters. The van der Waals surface area contributed by atoms with Crippen LogP contribution >= 0.6 is 0 Å². The SMILES string of the molecule is Cc1cc([C@H](N)C2CCOCC2)oc1C. The van der Waals surface area contributed by atoms with E-state index in [-0.39, 0.29) is 6.04 Å². The molecule has 1 fully saturated rings. The molecule has 2 rings (SSSR count). The molecule has 0 aliphatic carbocycles. The molecule has 2 N–H and O–H groups in total. The first kappa shape index (κ1) is 10.7. The highest BCUT2D eigenvalue weighted by Crippen LogP contribution is 2.30. The Morgan fingerprint density at radius 3 is 2.53 bits per heavy atom. The van der Waals surface area contributed by atoms with Gasteiger partial charge in [0.25, 0.3) is 0 Å². The minimum absolute atomic E-state index is 0.0290. The van der Waals surface area contributed by atoms with Gasteiger partial charge in [-0.05, 0) is 44.2 Å². The number of furan rings is 1. The summed E-state index contributed by atoms with van der Waals surface area (Å²) in [4.78, 5) is 0. The Hall–Kier alpha value is -0.800. The fourth-order valence-corrected chi connectivity index (χ4v) is 2.07. The minimum atomic E-state index is 0.0290. The van der Waals surface area contributed by atoms with Gasteiger partial charge in [0.05, 0.1) is 6.04 Å². The number of nitrogens with two attached hydrogens (primary N) is 1. The average Bonchev–Trinajstić information content (AvgIpc) is 2.59. The molecular weight excluding hydrogens is 190 g/mol. The molecule has 0 amide bonds. The van der Waals surface area contributed by atoms with Crippen molar-refractivity contribution < 1.29 is 9.15 Å². The number of rotatable bonds is 2. The van der Waals surface area contributed by atoms with Gasteiger partial charge in [-0.1, -0.05) is 0 Å². The summed E-state index contributed by atoms with van der Waals surface area (Å²) in [6.07, 6.45) is 2.08. The summed E-state index contributed by atoms with van der Waals surface area (Å²) in [5, 5.41) is 0. The molecule has 3 nitrogen and oxygen atoms in total. The summed E-state index contributed by atoms with van der Waals surface area (Å²) < 4.78 is 11.0. The van der Waals surface area contributed by atoms with E-state index in [1.54, 1.807) is 0 Å². The lowest BCUT2D eigenvalue weighted by Gasteiger charge is -2.26. The predicted octanol–water partition coefficient (Wildman–Crippen LogP) is 2.32. The van der Waals surface area contributed by atoms with E-state index < -0.39 is 0 Å². The Bertz CT molecular complexity index is 307. The van der Waals surface area contributed by atoms with E-state index in [0.29, 0.717) is 5.92 Å². The second-order valence-electron chi connectivity index (χ2n) is 4.36. The van der Waals surface area contributed by atoms with Crippen LogP contribution in [0.5, 0.6) is 0 Å². The molecule has 1 aromatic rings. The summed E-state index contributed by atoms with van der Waals surface area (Å²) in [7, 11) is 0. The van der Waals surface area contributed by atoms with Gasteiger partial charge in [-0.2, -0.15) is 0 Å². The topological polar surface area (TPSA) is 48.4 Å². The van der Waals surface area contributed by atoms with Crippen LogP contribution in [0.15, 0.2) is 10.5 Å². The Kier molecular flexibility index (Phi) is 3.12. The summed E-state index contributed by atoms with van der Waals surface area (Å²) in [5.74, 6) is 2.41. The van der Waals surface area contributed by atoms with Crippen molar-refractivity contribution in [1.82, 2.24) is 0 Å². The number of aryl methyl sites for hydroxylation is 2. The van der Waals surface area contributed by atoms with Crippen LogP contribution in [0.1, 0.15) is 36.0 Å². The van der Waals surface area contributed by atoms with Crippen molar-refractivity contribution in [3.8, 4) is 0 Å². The Labute approximate surface area is 90.6 Å². The van der Waals surface area contributed by atoms with Crippen LogP contribution in [0.25, 0.3) is 0 Å². The van der Waals surface area contributed by atoms with Crippen molar-refractivity contribution in [3.63, 3.8) is 0 Å². The standard InChI is InChI=1S/C12H19NO2/c1-8-7-11(15-9(8)2)12(13)10-3-5-14-6-4-10/h7,10,12H,3-6,13H2,1-2H3/t12-/m1/s1. The zero-order valence-corrected chi connectivity index (χ0v) is 9.45. The normalized spacial score (nSPS) is 20.5. The predicted molar refractivity (Wildman–Crippen MR) is 58.7 cm³/mol. The number of ether oxygens (including phenoxy) is 1. The van der Waals surface area contributed by atoms with Gasteiger partial charge in [0.2, 0.25) is 0 Å². The van der Waals surface area contributed by atoms with Crippen LogP contribution < -0.4 is 5.73 Å². The van der Waals surface area contributed by atoms with Crippen molar-refractivity contribution in [2.45, 2.75) is 32.7 Å². The van der Waals surface area contributed by atoms with E-state index in [1.807, 2.05) is 6.92 Å². The highest BCUT2D eigenvalue weighted by Gasteiger charge is 2.24. The van der Waals surface area contributed by atoms with E-state index in [1.165, 1.54) is 5.56 Å². The summed E-state index contributed by atoms with van der Waals surface area (Å²) in [6, 6.07) is 2.09. The lowest BCUT2D eigenvalue weighted by atomic mass is 9.91. The molecule has 1 saturated heterocycles. The maximum Gasteiger partial charge on any atom is 0.121 e. The Balaban J connectivity index is 2.08. The first-order valence-electron chi connectivity index (χ1n) is 5.58. The third kappa shape index (κ3) is 2.24. The molecule has 1 aliphatic rings. The van der Waals surface area contributed by atoms with Gasteiger partial charge >= 0.3 is 0 Å². The molecular formula is C12H19NO2. The lowest BCUT2D eigenvalue weighted by molar-refractivity contribution is 0.0559. The highest BCUT2D eigenvalue weighted by atomic mass is 16.5. The van der Waals surface area contributed by atoms with Crippen molar-refractivity contribution in [2.75, 3.05) is 13.2 Å². The van der Waals surface area contributed by atoms with E-state index in [4.69, 9.17) is 14.9 Å².